The van der Waals surface area contributed by atoms with Crippen molar-refractivity contribution in [2.45, 2.75) is 26.9 Å². The zero-order valence-corrected chi connectivity index (χ0v) is 9.82. The van der Waals surface area contributed by atoms with Crippen molar-refractivity contribution in [2.24, 2.45) is 0 Å². The third-order valence-corrected chi connectivity index (χ3v) is 2.78. The molecule has 1 aliphatic heterocycles. The maximum Gasteiger partial charge on any atom is 0.259 e. The number of carbonyl (C=O) groups is 1. The van der Waals surface area contributed by atoms with E-state index in [2.05, 4.69) is 5.16 Å². The summed E-state index contributed by atoms with van der Waals surface area (Å²) in [6.07, 6.45) is 0.0955. The van der Waals surface area contributed by atoms with Gasteiger partial charge in [0.05, 0.1) is 18.4 Å². The standard InChI is InChI=1S/C11H16N2O3/c1-7-6-13(4-5-15-7)11(14)10-8(2)12-16-9(10)3/h7H,4-6H2,1-3H3. The van der Waals surface area contributed by atoms with Gasteiger partial charge in [-0.3, -0.25) is 4.79 Å². The fraction of sp³-hybridized carbons (Fsp3) is 0.636. The Morgan fingerprint density at radius 1 is 1.50 bits per heavy atom. The lowest BCUT2D eigenvalue weighted by Crippen LogP contribution is -2.44. The van der Waals surface area contributed by atoms with Crippen LogP contribution in [-0.2, 0) is 4.74 Å². The van der Waals surface area contributed by atoms with E-state index >= 15 is 0 Å². The summed E-state index contributed by atoms with van der Waals surface area (Å²) in [4.78, 5) is 14.0. The van der Waals surface area contributed by atoms with Crippen LogP contribution in [0.4, 0.5) is 0 Å². The van der Waals surface area contributed by atoms with Gasteiger partial charge in [-0.25, -0.2) is 0 Å². The second-order valence-corrected chi connectivity index (χ2v) is 4.13. The van der Waals surface area contributed by atoms with E-state index in [1.165, 1.54) is 0 Å². The fourth-order valence-corrected chi connectivity index (χ4v) is 1.95. The molecule has 1 saturated heterocycles. The minimum absolute atomic E-state index is 0.00796. The minimum atomic E-state index is -0.00796. The molecular formula is C11H16N2O3. The van der Waals surface area contributed by atoms with E-state index in [0.29, 0.717) is 36.7 Å². The van der Waals surface area contributed by atoms with Crippen molar-refractivity contribution < 1.29 is 14.1 Å². The summed E-state index contributed by atoms with van der Waals surface area (Å²) >= 11 is 0. The van der Waals surface area contributed by atoms with Crippen molar-refractivity contribution >= 4 is 5.91 Å². The first-order valence-corrected chi connectivity index (χ1v) is 5.43. The number of rotatable bonds is 1. The number of aromatic nitrogens is 1. The fourth-order valence-electron chi connectivity index (χ4n) is 1.95. The number of ether oxygens (including phenoxy) is 1. The van der Waals surface area contributed by atoms with Gasteiger partial charge in [-0.05, 0) is 20.8 Å². The van der Waals surface area contributed by atoms with Crippen LogP contribution in [0.15, 0.2) is 4.52 Å². The Bertz CT molecular complexity index is 380. The van der Waals surface area contributed by atoms with Crippen LogP contribution in [0, 0.1) is 13.8 Å². The predicted molar refractivity (Wildman–Crippen MR) is 57.3 cm³/mol. The van der Waals surface area contributed by atoms with Crippen LogP contribution in [0.5, 0.6) is 0 Å². The van der Waals surface area contributed by atoms with E-state index in [1.807, 2.05) is 6.92 Å². The molecule has 0 aromatic carbocycles. The van der Waals surface area contributed by atoms with Crippen LogP contribution in [-0.4, -0.2) is 41.8 Å². The molecule has 1 aromatic rings. The SMILES string of the molecule is Cc1noc(C)c1C(=O)N1CCOC(C)C1. The van der Waals surface area contributed by atoms with E-state index in [0.717, 1.165) is 0 Å². The topological polar surface area (TPSA) is 55.6 Å². The van der Waals surface area contributed by atoms with Gasteiger partial charge < -0.3 is 14.2 Å². The normalized spacial score (nSPS) is 21.2. The Balaban J connectivity index is 2.18. The lowest BCUT2D eigenvalue weighted by Gasteiger charge is -2.31. The Morgan fingerprint density at radius 3 is 2.81 bits per heavy atom. The monoisotopic (exact) mass is 224 g/mol. The highest BCUT2D eigenvalue weighted by molar-refractivity contribution is 5.96. The highest BCUT2D eigenvalue weighted by Crippen LogP contribution is 2.16. The van der Waals surface area contributed by atoms with Crippen molar-refractivity contribution in [3.8, 4) is 0 Å². The predicted octanol–water partition coefficient (Wildman–Crippen LogP) is 1.15. The lowest BCUT2D eigenvalue weighted by atomic mass is 10.1. The van der Waals surface area contributed by atoms with Gasteiger partial charge in [-0.2, -0.15) is 0 Å². The quantitative estimate of drug-likeness (QED) is 0.718. The Morgan fingerprint density at radius 2 is 2.25 bits per heavy atom. The molecule has 5 heteroatoms. The van der Waals surface area contributed by atoms with E-state index in [4.69, 9.17) is 9.26 Å². The molecule has 1 atom stereocenters. The second kappa shape index (κ2) is 4.25. The molecule has 0 saturated carbocycles. The molecule has 0 N–H and O–H groups in total. The first kappa shape index (κ1) is 11.1. The first-order chi connectivity index (χ1) is 7.59. The summed E-state index contributed by atoms with van der Waals surface area (Å²) in [5, 5.41) is 3.80. The molecule has 16 heavy (non-hydrogen) atoms. The highest BCUT2D eigenvalue weighted by atomic mass is 16.5. The van der Waals surface area contributed by atoms with E-state index in [9.17, 15) is 4.79 Å². The largest absolute Gasteiger partial charge is 0.375 e. The van der Waals surface area contributed by atoms with Gasteiger partial charge in [-0.1, -0.05) is 5.16 Å². The number of amides is 1. The Kier molecular flexibility index (Phi) is 2.96. The summed E-state index contributed by atoms with van der Waals surface area (Å²) in [6, 6.07) is 0. The average Bonchev–Trinajstić information content (AvgIpc) is 2.58. The smallest absolute Gasteiger partial charge is 0.259 e. The summed E-state index contributed by atoms with van der Waals surface area (Å²) in [6.45, 7) is 7.36. The third-order valence-electron chi connectivity index (χ3n) is 2.78. The van der Waals surface area contributed by atoms with Gasteiger partial charge in [0.2, 0.25) is 0 Å². The summed E-state index contributed by atoms with van der Waals surface area (Å²) in [7, 11) is 0. The molecule has 1 amide bonds. The molecular weight excluding hydrogens is 208 g/mol. The third kappa shape index (κ3) is 1.95. The molecule has 0 bridgehead atoms. The summed E-state index contributed by atoms with van der Waals surface area (Å²) in [5.74, 6) is 0.577. The van der Waals surface area contributed by atoms with Crippen LogP contribution in [0.1, 0.15) is 28.7 Å². The van der Waals surface area contributed by atoms with Crippen LogP contribution in [0.2, 0.25) is 0 Å². The summed E-state index contributed by atoms with van der Waals surface area (Å²) < 4.78 is 10.4. The minimum Gasteiger partial charge on any atom is -0.375 e. The molecule has 0 aliphatic carbocycles. The van der Waals surface area contributed by atoms with Crippen LogP contribution >= 0.6 is 0 Å². The molecule has 2 rings (SSSR count). The van der Waals surface area contributed by atoms with E-state index < -0.39 is 0 Å². The highest BCUT2D eigenvalue weighted by Gasteiger charge is 2.26. The molecule has 88 valence electrons. The Hall–Kier alpha value is -1.36. The maximum absolute atomic E-state index is 12.2. The van der Waals surface area contributed by atoms with Crippen molar-refractivity contribution in [2.75, 3.05) is 19.7 Å². The maximum atomic E-state index is 12.2. The van der Waals surface area contributed by atoms with Crippen molar-refractivity contribution in [3.63, 3.8) is 0 Å². The van der Waals surface area contributed by atoms with Gasteiger partial charge in [-0.15, -0.1) is 0 Å². The van der Waals surface area contributed by atoms with Gasteiger partial charge in [0.15, 0.2) is 0 Å². The van der Waals surface area contributed by atoms with Gasteiger partial charge in [0.25, 0.3) is 5.91 Å². The first-order valence-electron chi connectivity index (χ1n) is 5.43. The van der Waals surface area contributed by atoms with Crippen LogP contribution in [0.25, 0.3) is 0 Å². The molecule has 0 radical (unpaired) electrons. The molecule has 2 heterocycles. The van der Waals surface area contributed by atoms with Gasteiger partial charge in [0, 0.05) is 13.1 Å². The molecule has 1 aromatic heterocycles. The van der Waals surface area contributed by atoms with Crippen molar-refractivity contribution in [1.29, 1.82) is 0 Å². The van der Waals surface area contributed by atoms with Gasteiger partial charge in [0.1, 0.15) is 11.3 Å². The lowest BCUT2D eigenvalue weighted by molar-refractivity contribution is -0.0125. The van der Waals surface area contributed by atoms with Crippen molar-refractivity contribution in [1.82, 2.24) is 10.1 Å². The average molecular weight is 224 g/mol. The molecule has 0 spiro atoms. The zero-order chi connectivity index (χ0) is 11.7. The van der Waals surface area contributed by atoms with Crippen LogP contribution in [0.3, 0.4) is 0 Å². The number of hydrogen-bond acceptors (Lipinski definition) is 4. The molecule has 5 nitrogen and oxygen atoms in total. The zero-order valence-electron chi connectivity index (χ0n) is 9.82. The van der Waals surface area contributed by atoms with Gasteiger partial charge >= 0.3 is 0 Å². The summed E-state index contributed by atoms with van der Waals surface area (Å²) in [5.41, 5.74) is 1.25. The molecule has 1 unspecified atom stereocenters. The number of aryl methyl sites for hydroxylation is 2. The van der Waals surface area contributed by atoms with Crippen molar-refractivity contribution in [3.05, 3.63) is 17.0 Å². The molecule has 1 aliphatic rings. The Labute approximate surface area is 94.3 Å². The van der Waals surface area contributed by atoms with E-state index in [-0.39, 0.29) is 12.0 Å². The van der Waals surface area contributed by atoms with Crippen LogP contribution < -0.4 is 0 Å². The number of carbonyl (C=O) groups excluding carboxylic acids is 1. The van der Waals surface area contributed by atoms with E-state index in [1.54, 1.807) is 18.7 Å². The second-order valence-electron chi connectivity index (χ2n) is 4.13. The number of morpholine rings is 1. The molecule has 1 fully saturated rings. The number of nitrogens with zero attached hydrogens (tertiary/aromatic N) is 2. The number of hydrogen-bond donors (Lipinski definition) is 0.